The molecule has 0 heterocycles. The first-order valence-electron chi connectivity index (χ1n) is 12.8. The Hall–Kier alpha value is -2.55. The molecule has 0 N–H and O–H groups in total. The molecule has 0 amide bonds. The van der Waals surface area contributed by atoms with Gasteiger partial charge < -0.3 is 5.32 Å². The second-order valence-electron chi connectivity index (χ2n) is 10.3. The van der Waals surface area contributed by atoms with Gasteiger partial charge in [0.05, 0.1) is 11.8 Å². The van der Waals surface area contributed by atoms with Crippen molar-refractivity contribution in [3.8, 4) is 6.07 Å². The number of aliphatic imine (C=N–C) groups is 1. The summed E-state index contributed by atoms with van der Waals surface area (Å²) in [5.41, 5.74) is 4.18. The van der Waals surface area contributed by atoms with Crippen LogP contribution in [0.3, 0.4) is 0 Å². The molecule has 0 aromatic heterocycles. The van der Waals surface area contributed by atoms with E-state index >= 15 is 0 Å². The summed E-state index contributed by atoms with van der Waals surface area (Å²) in [5.74, 6) is 0.501. The number of hydrogen-bond acceptors (Lipinski definition) is 2. The van der Waals surface area contributed by atoms with Gasteiger partial charge in [0.15, 0.2) is 0 Å². The largest absolute Gasteiger partial charge is 1.00 e. The zero-order valence-corrected chi connectivity index (χ0v) is 25.1. The molecule has 0 aliphatic carbocycles. The van der Waals surface area contributed by atoms with Crippen LogP contribution in [0.2, 0.25) is 0 Å². The fourth-order valence-corrected chi connectivity index (χ4v) is 3.99. The molecule has 0 aliphatic heterocycles. The normalized spacial score (nSPS) is 12.3. The Kier molecular flexibility index (Phi) is 14.7. The minimum atomic E-state index is -4.60. The summed E-state index contributed by atoms with van der Waals surface area (Å²) in [6.07, 6.45) is -3.53. The van der Waals surface area contributed by atoms with Crippen molar-refractivity contribution in [3.63, 3.8) is 0 Å². The zero-order valence-electron chi connectivity index (χ0n) is 24.1. The van der Waals surface area contributed by atoms with Crippen molar-refractivity contribution in [2.75, 3.05) is 0 Å². The smallest absolute Gasteiger partial charge is 0.654 e. The van der Waals surface area contributed by atoms with Crippen molar-refractivity contribution in [2.45, 2.75) is 99.1 Å². The monoisotopic (exact) mass is 575 g/mol. The molecule has 0 saturated carbocycles. The number of nitrogens with zero attached hydrogens (tertiary/aromatic N) is 3. The van der Waals surface area contributed by atoms with Gasteiger partial charge in [0, 0.05) is 12.6 Å². The zero-order chi connectivity index (χ0) is 28.5. The molecule has 38 heavy (non-hydrogen) atoms. The maximum atomic E-state index is 14.2. The van der Waals surface area contributed by atoms with Gasteiger partial charge in [-0.1, -0.05) is 115 Å². The van der Waals surface area contributed by atoms with E-state index < -0.39 is 11.9 Å². The Balaban J connectivity index is 0.00000326. The van der Waals surface area contributed by atoms with Gasteiger partial charge in [0.2, 0.25) is 0 Å². The summed E-state index contributed by atoms with van der Waals surface area (Å²) in [4.78, 5) is 4.69. The molecule has 2 aromatic rings. The Morgan fingerprint density at radius 3 is 1.47 bits per heavy atom. The molecule has 212 valence electrons. The third kappa shape index (κ3) is 9.97. The molecule has 3 nitrogen and oxygen atoms in total. The minimum absolute atomic E-state index is 0. The number of halogens is 3. The van der Waals surface area contributed by atoms with Gasteiger partial charge in [0.25, 0.3) is 0 Å². The van der Waals surface area contributed by atoms with Crippen molar-refractivity contribution >= 4 is 17.1 Å². The maximum Gasteiger partial charge on any atom is 1.00 e. The van der Waals surface area contributed by atoms with Crippen LogP contribution in [0.4, 0.5) is 24.5 Å². The van der Waals surface area contributed by atoms with Crippen LogP contribution < -0.4 is 0 Å². The Morgan fingerprint density at radius 2 is 1.16 bits per heavy atom. The topological polar surface area (TPSA) is 50.2 Å². The Morgan fingerprint density at radius 1 is 0.816 bits per heavy atom. The second kappa shape index (κ2) is 15.8. The quantitative estimate of drug-likeness (QED) is 0.228. The fraction of sp³-hybridized carbons (Fsp3) is 0.484. The van der Waals surface area contributed by atoms with Crippen LogP contribution in [0.5, 0.6) is 0 Å². The minimum Gasteiger partial charge on any atom is -0.654 e. The van der Waals surface area contributed by atoms with E-state index in [1.807, 2.05) is 64.1 Å². The van der Waals surface area contributed by atoms with E-state index in [4.69, 9.17) is 10.3 Å². The maximum absolute atomic E-state index is 14.2. The third-order valence-corrected chi connectivity index (χ3v) is 5.84. The first kappa shape index (κ1) is 35.4. The Labute approximate surface area is 238 Å². The average Bonchev–Trinajstić information content (AvgIpc) is 2.78. The van der Waals surface area contributed by atoms with Gasteiger partial charge in [-0.05, 0) is 41.7 Å². The second-order valence-corrected chi connectivity index (χ2v) is 10.3. The summed E-state index contributed by atoms with van der Waals surface area (Å²) in [5, 5.41) is 11.5. The molecule has 0 atom stereocenters. The number of hydrogen-bond donors (Lipinski definition) is 0. The number of allylic oxidation sites excluding steroid dienone is 2. The molecule has 0 fully saturated rings. The van der Waals surface area contributed by atoms with E-state index in [0.717, 1.165) is 34.0 Å². The standard InChI is InChI=1S/C29H38F3N2.C2H3N.Cu/c1-17(2)22-12-10-13-23(18(3)4)27(22)33-21(9)16-26(29(30,31)32)34-28-24(19(5)6)14-11-15-25(28)20(7)8;1-2-3;/h10-20H,1-9H3;1H3;/q-1;;+1/b26-16-,33-21?;;. The number of nitriles is 1. The predicted molar refractivity (Wildman–Crippen MR) is 150 cm³/mol. The molecule has 2 rings (SSSR count). The summed E-state index contributed by atoms with van der Waals surface area (Å²) in [6.45, 7) is 19.2. The van der Waals surface area contributed by atoms with Crippen LogP contribution >= 0.6 is 0 Å². The molecule has 2 aromatic carbocycles. The molecule has 0 radical (unpaired) electrons. The summed E-state index contributed by atoms with van der Waals surface area (Å²) >= 11 is 0. The SMILES string of the molecule is CC#N.CC(/C=C(\[N-]c1c(C(C)C)cccc1C(C)C)C(F)(F)F)=Nc1c(C(C)C)cccc1C(C)C.[Cu+]. The number of para-hydroxylation sites is 2. The van der Waals surface area contributed by atoms with Gasteiger partial charge in [-0.25, -0.2) is 0 Å². The van der Waals surface area contributed by atoms with Crippen molar-refractivity contribution in [1.29, 1.82) is 5.26 Å². The van der Waals surface area contributed by atoms with Crippen LogP contribution in [0.25, 0.3) is 5.32 Å². The fourth-order valence-electron chi connectivity index (χ4n) is 3.99. The van der Waals surface area contributed by atoms with E-state index in [2.05, 4.69) is 33.0 Å². The van der Waals surface area contributed by atoms with Gasteiger partial charge in [-0.2, -0.15) is 18.4 Å². The van der Waals surface area contributed by atoms with E-state index in [-0.39, 0.29) is 46.5 Å². The van der Waals surface area contributed by atoms with Crippen molar-refractivity contribution in [3.05, 3.63) is 75.7 Å². The van der Waals surface area contributed by atoms with Crippen LogP contribution in [0.15, 0.2) is 53.2 Å². The van der Waals surface area contributed by atoms with Gasteiger partial charge in [0.1, 0.15) is 0 Å². The first-order chi connectivity index (χ1) is 17.1. The van der Waals surface area contributed by atoms with E-state index in [1.54, 1.807) is 13.0 Å². The van der Waals surface area contributed by atoms with Crippen molar-refractivity contribution in [2.24, 2.45) is 4.99 Å². The van der Waals surface area contributed by atoms with Gasteiger partial charge in [-0.3, -0.25) is 4.99 Å². The summed E-state index contributed by atoms with van der Waals surface area (Å²) in [7, 11) is 0. The molecule has 0 spiro atoms. The van der Waals surface area contributed by atoms with E-state index in [1.165, 1.54) is 6.92 Å². The number of benzene rings is 2. The Bertz CT molecular complexity index is 1090. The number of rotatable bonds is 8. The van der Waals surface area contributed by atoms with E-state index in [0.29, 0.717) is 5.69 Å². The molecule has 0 saturated heterocycles. The van der Waals surface area contributed by atoms with Crippen LogP contribution in [0.1, 0.15) is 115 Å². The molecule has 0 aliphatic rings. The van der Waals surface area contributed by atoms with Gasteiger partial charge >= 0.3 is 23.2 Å². The molecule has 0 bridgehead atoms. The summed E-state index contributed by atoms with van der Waals surface area (Å²) < 4.78 is 42.5. The summed E-state index contributed by atoms with van der Waals surface area (Å²) in [6, 6.07) is 13.3. The van der Waals surface area contributed by atoms with Crippen molar-refractivity contribution < 1.29 is 30.2 Å². The average molecular weight is 576 g/mol. The van der Waals surface area contributed by atoms with Crippen LogP contribution in [0, 0.1) is 11.3 Å². The van der Waals surface area contributed by atoms with E-state index in [9.17, 15) is 13.2 Å². The van der Waals surface area contributed by atoms with Crippen molar-refractivity contribution in [1.82, 2.24) is 0 Å². The first-order valence-corrected chi connectivity index (χ1v) is 12.8. The van der Waals surface area contributed by atoms with Crippen LogP contribution in [-0.2, 0) is 17.1 Å². The van der Waals surface area contributed by atoms with Crippen LogP contribution in [-0.4, -0.2) is 11.9 Å². The molecular weight excluding hydrogens is 535 g/mol. The molecular formula is C31H41CuF3N3. The van der Waals surface area contributed by atoms with Gasteiger partial charge in [-0.15, -0.1) is 5.69 Å². The molecule has 7 heteroatoms. The predicted octanol–water partition coefficient (Wildman–Crippen LogP) is 11.0. The third-order valence-electron chi connectivity index (χ3n) is 5.84. The molecule has 0 unspecified atom stereocenters. The number of alkyl halides is 3.